The van der Waals surface area contributed by atoms with Crippen molar-refractivity contribution in [3.8, 4) is 0 Å². The average Bonchev–Trinajstić information content (AvgIpc) is 2.82. The van der Waals surface area contributed by atoms with Crippen LogP contribution in [0, 0.1) is 6.92 Å². The van der Waals surface area contributed by atoms with E-state index in [0.29, 0.717) is 38.4 Å². The molecule has 0 bridgehead atoms. The Morgan fingerprint density at radius 3 is 2.76 bits per heavy atom. The van der Waals surface area contributed by atoms with Gasteiger partial charge < -0.3 is 10.1 Å². The van der Waals surface area contributed by atoms with Gasteiger partial charge in [-0.25, -0.2) is 13.4 Å². The molecule has 21 heavy (non-hydrogen) atoms. The van der Waals surface area contributed by atoms with Crippen LogP contribution in [0.2, 0.25) is 0 Å². The van der Waals surface area contributed by atoms with Crippen LogP contribution in [0.25, 0.3) is 0 Å². The normalized spacial score (nSPS) is 17.2. The molecule has 1 aliphatic rings. The summed E-state index contributed by atoms with van der Waals surface area (Å²) >= 11 is 0. The monoisotopic (exact) mass is 317 g/mol. The number of nitrogens with zero attached hydrogens (tertiary/aromatic N) is 2. The molecule has 1 aromatic rings. The number of nitrogens with one attached hydrogen (secondary N) is 3. The minimum atomic E-state index is -3.67. The Kier molecular flexibility index (Phi) is 5.71. The Labute approximate surface area is 125 Å². The number of H-pyrrole nitrogens is 1. The van der Waals surface area contributed by atoms with Gasteiger partial charge >= 0.3 is 0 Å². The van der Waals surface area contributed by atoms with Gasteiger partial charge in [0.15, 0.2) is 5.03 Å². The van der Waals surface area contributed by atoms with Crippen LogP contribution in [0.15, 0.2) is 5.03 Å². The molecule has 1 aromatic heterocycles. The van der Waals surface area contributed by atoms with Crippen LogP contribution in [-0.4, -0.2) is 56.5 Å². The lowest BCUT2D eigenvalue weighted by molar-refractivity contribution is 0.0272. The minimum Gasteiger partial charge on any atom is -0.379 e. The first-order chi connectivity index (χ1) is 10.0. The second-order valence-electron chi connectivity index (χ2n) is 5.00. The zero-order valence-corrected chi connectivity index (χ0v) is 13.3. The lowest BCUT2D eigenvalue weighted by Gasteiger charge is -2.26. The van der Waals surface area contributed by atoms with E-state index in [1.165, 1.54) is 0 Å². The number of aromatic amines is 1. The highest BCUT2D eigenvalue weighted by atomic mass is 32.2. The van der Waals surface area contributed by atoms with Gasteiger partial charge in [0.05, 0.1) is 13.2 Å². The second-order valence-corrected chi connectivity index (χ2v) is 6.58. The Balaban J connectivity index is 2.11. The largest absolute Gasteiger partial charge is 0.379 e. The van der Waals surface area contributed by atoms with E-state index in [1.807, 2.05) is 6.92 Å². The highest BCUT2D eigenvalue weighted by Gasteiger charge is 2.26. The fraction of sp³-hybridized carbons (Fsp3) is 0.750. The van der Waals surface area contributed by atoms with Crippen molar-refractivity contribution < 1.29 is 13.2 Å². The zero-order chi connectivity index (χ0) is 15.3. The summed E-state index contributed by atoms with van der Waals surface area (Å²) in [5, 5.41) is 11.6. The first-order valence-corrected chi connectivity index (χ1v) is 8.62. The first-order valence-electron chi connectivity index (χ1n) is 7.14. The lowest BCUT2D eigenvalue weighted by Crippen LogP contribution is -2.48. The van der Waals surface area contributed by atoms with Crippen molar-refractivity contribution in [1.29, 1.82) is 0 Å². The highest BCUT2D eigenvalue weighted by Crippen LogP contribution is 2.16. The molecule has 0 unspecified atom stereocenters. The predicted molar refractivity (Wildman–Crippen MR) is 78.0 cm³/mol. The fourth-order valence-corrected chi connectivity index (χ4v) is 3.44. The van der Waals surface area contributed by atoms with E-state index in [4.69, 9.17) is 4.74 Å². The van der Waals surface area contributed by atoms with E-state index in [1.54, 1.807) is 5.01 Å². The Morgan fingerprint density at radius 2 is 2.10 bits per heavy atom. The summed E-state index contributed by atoms with van der Waals surface area (Å²) in [5.41, 5.74) is 1.45. The Bertz CT molecular complexity index is 551. The molecule has 8 nitrogen and oxygen atoms in total. The lowest BCUT2D eigenvalue weighted by atomic mass is 10.2. The van der Waals surface area contributed by atoms with Crippen LogP contribution < -0.4 is 10.1 Å². The van der Waals surface area contributed by atoms with Gasteiger partial charge in [-0.2, -0.15) is 5.10 Å². The van der Waals surface area contributed by atoms with Crippen LogP contribution in [0.3, 0.4) is 0 Å². The molecule has 0 aromatic carbocycles. The van der Waals surface area contributed by atoms with Crippen molar-refractivity contribution in [3.05, 3.63) is 11.3 Å². The molecule has 9 heteroatoms. The van der Waals surface area contributed by atoms with Gasteiger partial charge in [-0.3, -0.25) is 5.10 Å². The number of aromatic nitrogens is 2. The smallest absolute Gasteiger partial charge is 0.273 e. The molecule has 2 rings (SSSR count). The number of aryl methyl sites for hydroxylation is 1. The fourth-order valence-electron chi connectivity index (χ4n) is 2.12. The summed E-state index contributed by atoms with van der Waals surface area (Å²) in [4.78, 5) is 2.57. The van der Waals surface area contributed by atoms with Crippen molar-refractivity contribution >= 4 is 10.0 Å². The maximum absolute atomic E-state index is 12.5. The van der Waals surface area contributed by atoms with Crippen molar-refractivity contribution in [3.63, 3.8) is 0 Å². The van der Waals surface area contributed by atoms with Crippen LogP contribution >= 0.6 is 0 Å². The quantitative estimate of drug-likeness (QED) is 0.600. The molecule has 0 radical (unpaired) electrons. The molecule has 0 aliphatic carbocycles. The zero-order valence-electron chi connectivity index (χ0n) is 12.5. The van der Waals surface area contributed by atoms with Crippen molar-refractivity contribution in [2.75, 3.05) is 32.8 Å². The van der Waals surface area contributed by atoms with Crippen molar-refractivity contribution in [1.82, 2.24) is 25.4 Å². The number of hydrogen-bond acceptors (Lipinski definition) is 6. The molecular weight excluding hydrogens is 294 g/mol. The Morgan fingerprint density at radius 1 is 1.38 bits per heavy atom. The van der Waals surface area contributed by atoms with E-state index in [-0.39, 0.29) is 5.03 Å². The maximum Gasteiger partial charge on any atom is 0.273 e. The molecule has 120 valence electrons. The van der Waals surface area contributed by atoms with Crippen LogP contribution in [-0.2, 0) is 21.3 Å². The van der Waals surface area contributed by atoms with Crippen LogP contribution in [0.5, 0.6) is 0 Å². The molecule has 0 saturated carbocycles. The number of sulfonamides is 1. The summed E-state index contributed by atoms with van der Waals surface area (Å²) in [6.45, 7) is 7.31. The maximum atomic E-state index is 12.5. The number of morpholine rings is 1. The van der Waals surface area contributed by atoms with Gasteiger partial charge in [-0.15, -0.1) is 4.83 Å². The Hall–Kier alpha value is -1.00. The topological polar surface area (TPSA) is 99.3 Å². The molecule has 0 amide bonds. The highest BCUT2D eigenvalue weighted by molar-refractivity contribution is 7.89. The van der Waals surface area contributed by atoms with E-state index >= 15 is 0 Å². The first kappa shape index (κ1) is 16.4. The van der Waals surface area contributed by atoms with Gasteiger partial charge in [0.25, 0.3) is 10.0 Å². The van der Waals surface area contributed by atoms with Gasteiger partial charge in [-0.1, -0.05) is 6.92 Å². The molecule has 1 aliphatic heterocycles. The van der Waals surface area contributed by atoms with Gasteiger partial charge in [0.1, 0.15) is 0 Å². The summed E-state index contributed by atoms with van der Waals surface area (Å²) in [7, 11) is -3.67. The molecule has 0 spiro atoms. The third-order valence-corrected chi connectivity index (χ3v) is 4.62. The summed E-state index contributed by atoms with van der Waals surface area (Å²) in [5.74, 6) is 0. The van der Waals surface area contributed by atoms with E-state index in [9.17, 15) is 8.42 Å². The number of hydrazine groups is 1. The summed E-state index contributed by atoms with van der Waals surface area (Å²) < 4.78 is 30.1. The number of ether oxygens (including phenoxy) is 1. The van der Waals surface area contributed by atoms with E-state index < -0.39 is 10.0 Å². The minimum absolute atomic E-state index is 0.0649. The number of hydrogen-bond donors (Lipinski definition) is 3. The van der Waals surface area contributed by atoms with Gasteiger partial charge in [-0.05, 0) is 19.9 Å². The van der Waals surface area contributed by atoms with Crippen LogP contribution in [0.1, 0.15) is 24.6 Å². The van der Waals surface area contributed by atoms with E-state index in [0.717, 1.165) is 18.7 Å². The van der Waals surface area contributed by atoms with Crippen molar-refractivity contribution in [2.45, 2.75) is 31.8 Å². The third kappa shape index (κ3) is 4.24. The number of rotatable bonds is 7. The standard InChI is InChI=1S/C12H23N5O3S/c1-3-4-13-9-11-10(2)14-15-12(11)21(18,19)16-17-5-7-20-8-6-17/h13,16H,3-9H2,1-2H3,(H,14,15). The summed E-state index contributed by atoms with van der Waals surface area (Å²) in [6.07, 6.45) is 0.991. The van der Waals surface area contributed by atoms with Crippen LogP contribution in [0.4, 0.5) is 0 Å². The van der Waals surface area contributed by atoms with Crippen molar-refractivity contribution in [2.24, 2.45) is 0 Å². The van der Waals surface area contributed by atoms with Gasteiger partial charge in [0.2, 0.25) is 0 Å². The third-order valence-electron chi connectivity index (χ3n) is 3.28. The molecule has 1 fully saturated rings. The summed E-state index contributed by atoms with van der Waals surface area (Å²) in [6, 6.07) is 0. The predicted octanol–water partition coefficient (Wildman–Crippen LogP) is -0.257. The molecule has 1 saturated heterocycles. The SMILES string of the molecule is CCCNCc1c(S(=O)(=O)NN2CCOCC2)n[nH]c1C. The van der Waals surface area contributed by atoms with Gasteiger partial charge in [0, 0.05) is 30.9 Å². The average molecular weight is 317 g/mol. The van der Waals surface area contributed by atoms with E-state index in [2.05, 4.69) is 27.3 Å². The molecule has 3 N–H and O–H groups in total. The molecule has 0 atom stereocenters. The molecular formula is C12H23N5O3S. The molecule has 2 heterocycles. The second kappa shape index (κ2) is 7.32.